The van der Waals surface area contributed by atoms with Crippen LogP contribution in [0.3, 0.4) is 0 Å². The van der Waals surface area contributed by atoms with E-state index in [1.54, 1.807) is 38.3 Å². The first-order chi connectivity index (χ1) is 12.7. The lowest BCUT2D eigenvalue weighted by Crippen LogP contribution is -2.38. The van der Waals surface area contributed by atoms with E-state index in [9.17, 15) is 9.59 Å². The topological polar surface area (TPSA) is 77.0 Å². The number of ketones is 1. The molecule has 0 unspecified atom stereocenters. The number of benzene rings is 2. The van der Waals surface area contributed by atoms with Gasteiger partial charge in [0.25, 0.3) is 0 Å². The number of esters is 1. The highest BCUT2D eigenvalue weighted by atomic mass is 16.5. The normalized spacial score (nSPS) is 18.6. The maximum atomic E-state index is 13.0. The summed E-state index contributed by atoms with van der Waals surface area (Å²) in [7, 11) is 1.57. The molecule has 1 N–H and O–H groups in total. The zero-order valence-electron chi connectivity index (χ0n) is 14.6. The van der Waals surface area contributed by atoms with Gasteiger partial charge in [-0.15, -0.1) is 0 Å². The number of ether oxygens (including phenoxy) is 2. The van der Waals surface area contributed by atoms with Crippen molar-refractivity contribution >= 4 is 17.5 Å². The summed E-state index contributed by atoms with van der Waals surface area (Å²) in [5.41, 5.74) is 4.39. The fourth-order valence-electron chi connectivity index (χ4n) is 2.95. The SMILES string of the molecule is CCOC(=O)[C@H]1NN=C(C(=O)c2ccc(OC)cc2)[C@H]1c1ccccc1. The third-order valence-electron chi connectivity index (χ3n) is 4.24. The Morgan fingerprint density at radius 2 is 1.77 bits per heavy atom. The monoisotopic (exact) mass is 352 g/mol. The zero-order valence-corrected chi connectivity index (χ0v) is 14.6. The van der Waals surface area contributed by atoms with E-state index in [0.29, 0.717) is 17.0 Å². The van der Waals surface area contributed by atoms with E-state index < -0.39 is 17.9 Å². The van der Waals surface area contributed by atoms with Crippen LogP contribution in [-0.2, 0) is 9.53 Å². The van der Waals surface area contributed by atoms with Crippen molar-refractivity contribution in [2.75, 3.05) is 13.7 Å². The molecule has 134 valence electrons. The van der Waals surface area contributed by atoms with Gasteiger partial charge in [-0.05, 0) is 36.8 Å². The van der Waals surface area contributed by atoms with Crippen molar-refractivity contribution < 1.29 is 19.1 Å². The predicted molar refractivity (Wildman–Crippen MR) is 97.5 cm³/mol. The molecule has 0 fully saturated rings. The Balaban J connectivity index is 1.93. The van der Waals surface area contributed by atoms with Crippen LogP contribution in [0, 0.1) is 0 Å². The van der Waals surface area contributed by atoms with Crippen LogP contribution in [0.5, 0.6) is 5.75 Å². The second-order valence-corrected chi connectivity index (χ2v) is 5.80. The smallest absolute Gasteiger partial charge is 0.331 e. The number of carbonyl (C=O) groups is 2. The number of rotatable bonds is 6. The molecule has 1 aliphatic rings. The molecule has 0 radical (unpaired) electrons. The molecular weight excluding hydrogens is 332 g/mol. The highest BCUT2D eigenvalue weighted by Gasteiger charge is 2.41. The number of methoxy groups -OCH3 is 1. The number of nitrogens with zero attached hydrogens (tertiary/aromatic N) is 1. The number of nitrogens with one attached hydrogen (secondary N) is 1. The van der Waals surface area contributed by atoms with Crippen LogP contribution >= 0.6 is 0 Å². The number of Topliss-reactive ketones (excluding diaryl/α,β-unsaturated/α-hetero) is 1. The summed E-state index contributed by atoms with van der Waals surface area (Å²) < 4.78 is 10.3. The van der Waals surface area contributed by atoms with Gasteiger partial charge in [-0.3, -0.25) is 10.2 Å². The molecule has 3 rings (SSSR count). The van der Waals surface area contributed by atoms with Crippen LogP contribution < -0.4 is 10.2 Å². The predicted octanol–water partition coefficient (Wildman–Crippen LogP) is 2.55. The third-order valence-corrected chi connectivity index (χ3v) is 4.24. The molecule has 2 aromatic carbocycles. The Labute approximate surface area is 151 Å². The van der Waals surface area contributed by atoms with Gasteiger partial charge in [-0.25, -0.2) is 4.79 Å². The summed E-state index contributed by atoms with van der Waals surface area (Å²) in [4.78, 5) is 25.3. The van der Waals surface area contributed by atoms with Gasteiger partial charge in [0.1, 0.15) is 11.5 Å². The molecule has 0 aliphatic carbocycles. The van der Waals surface area contributed by atoms with Gasteiger partial charge in [-0.2, -0.15) is 5.10 Å². The summed E-state index contributed by atoms with van der Waals surface area (Å²) in [6.45, 7) is 2.01. The third kappa shape index (κ3) is 3.44. The van der Waals surface area contributed by atoms with Crippen molar-refractivity contribution in [3.8, 4) is 5.75 Å². The van der Waals surface area contributed by atoms with Gasteiger partial charge in [0.2, 0.25) is 5.78 Å². The average molecular weight is 352 g/mol. The van der Waals surface area contributed by atoms with Crippen LogP contribution in [0.2, 0.25) is 0 Å². The number of hydrazone groups is 1. The number of hydrogen-bond acceptors (Lipinski definition) is 6. The Morgan fingerprint density at radius 3 is 2.38 bits per heavy atom. The molecule has 0 saturated heterocycles. The summed E-state index contributed by atoms with van der Waals surface area (Å²) in [5.74, 6) is -0.509. The molecule has 0 amide bonds. The molecule has 6 nitrogen and oxygen atoms in total. The van der Waals surface area contributed by atoms with Crippen molar-refractivity contribution in [1.82, 2.24) is 5.43 Å². The Hall–Kier alpha value is -3.15. The second kappa shape index (κ2) is 7.82. The van der Waals surface area contributed by atoms with Crippen LogP contribution in [-0.4, -0.2) is 37.2 Å². The van der Waals surface area contributed by atoms with E-state index in [0.717, 1.165) is 5.56 Å². The average Bonchev–Trinajstić information content (AvgIpc) is 3.13. The fourth-order valence-corrected chi connectivity index (χ4v) is 2.95. The van der Waals surface area contributed by atoms with E-state index in [1.165, 1.54) is 0 Å². The molecule has 0 saturated carbocycles. The molecule has 26 heavy (non-hydrogen) atoms. The Morgan fingerprint density at radius 1 is 1.08 bits per heavy atom. The van der Waals surface area contributed by atoms with Gasteiger partial charge in [0.15, 0.2) is 6.04 Å². The van der Waals surface area contributed by atoms with Gasteiger partial charge >= 0.3 is 5.97 Å². The molecule has 1 aliphatic heterocycles. The molecule has 0 aromatic heterocycles. The quantitative estimate of drug-likeness (QED) is 0.639. The summed E-state index contributed by atoms with van der Waals surface area (Å²) in [6.07, 6.45) is 0. The molecule has 0 bridgehead atoms. The fraction of sp³-hybridized carbons (Fsp3) is 0.250. The minimum Gasteiger partial charge on any atom is -0.497 e. The van der Waals surface area contributed by atoms with Crippen molar-refractivity contribution in [2.24, 2.45) is 5.10 Å². The molecule has 0 spiro atoms. The molecule has 6 heteroatoms. The van der Waals surface area contributed by atoms with Crippen LogP contribution in [0.25, 0.3) is 0 Å². The molecular formula is C20H20N2O4. The first-order valence-corrected chi connectivity index (χ1v) is 8.39. The van der Waals surface area contributed by atoms with Crippen LogP contribution in [0.4, 0.5) is 0 Å². The Bertz CT molecular complexity index is 815. The first kappa shape index (κ1) is 17.7. The molecule has 2 aromatic rings. The van der Waals surface area contributed by atoms with E-state index in [4.69, 9.17) is 9.47 Å². The van der Waals surface area contributed by atoms with Crippen molar-refractivity contribution in [1.29, 1.82) is 0 Å². The zero-order chi connectivity index (χ0) is 18.5. The summed E-state index contributed by atoms with van der Waals surface area (Å²) in [5, 5.41) is 4.18. The first-order valence-electron chi connectivity index (χ1n) is 8.39. The van der Waals surface area contributed by atoms with Crippen LogP contribution in [0.1, 0.15) is 28.8 Å². The minimum atomic E-state index is -0.727. The Kier molecular flexibility index (Phi) is 5.31. The molecule has 2 atom stereocenters. The van der Waals surface area contributed by atoms with Crippen molar-refractivity contribution in [3.63, 3.8) is 0 Å². The van der Waals surface area contributed by atoms with E-state index >= 15 is 0 Å². The van der Waals surface area contributed by atoms with E-state index in [2.05, 4.69) is 10.5 Å². The maximum absolute atomic E-state index is 13.0. The summed E-state index contributed by atoms with van der Waals surface area (Å²) in [6, 6.07) is 15.4. The lowest BCUT2D eigenvalue weighted by Gasteiger charge is -2.19. The molecule has 1 heterocycles. The number of hydrogen-bond donors (Lipinski definition) is 1. The lowest BCUT2D eigenvalue weighted by atomic mass is 9.85. The standard InChI is InChI=1S/C20H20N2O4/c1-3-26-20(24)18-16(13-7-5-4-6-8-13)17(21-22-18)19(23)14-9-11-15(25-2)12-10-14/h4-12,16,18,22H,3H2,1-2H3/t16-,18+/m1/s1. The van der Waals surface area contributed by atoms with Crippen molar-refractivity contribution in [3.05, 3.63) is 65.7 Å². The summed E-state index contributed by atoms with van der Waals surface area (Å²) >= 11 is 0. The van der Waals surface area contributed by atoms with E-state index in [-0.39, 0.29) is 12.4 Å². The largest absolute Gasteiger partial charge is 0.497 e. The van der Waals surface area contributed by atoms with E-state index in [1.807, 2.05) is 30.3 Å². The van der Waals surface area contributed by atoms with Gasteiger partial charge in [0.05, 0.1) is 19.6 Å². The number of carbonyl (C=O) groups excluding carboxylic acids is 2. The highest BCUT2D eigenvalue weighted by Crippen LogP contribution is 2.28. The van der Waals surface area contributed by atoms with Crippen LogP contribution in [0.15, 0.2) is 59.7 Å². The maximum Gasteiger partial charge on any atom is 0.331 e. The van der Waals surface area contributed by atoms with Gasteiger partial charge in [-0.1, -0.05) is 30.3 Å². The second-order valence-electron chi connectivity index (χ2n) is 5.80. The van der Waals surface area contributed by atoms with Crippen molar-refractivity contribution in [2.45, 2.75) is 18.9 Å². The lowest BCUT2D eigenvalue weighted by molar-refractivity contribution is -0.145. The van der Waals surface area contributed by atoms with Gasteiger partial charge < -0.3 is 9.47 Å². The van der Waals surface area contributed by atoms with Gasteiger partial charge in [0, 0.05) is 5.56 Å². The highest BCUT2D eigenvalue weighted by molar-refractivity contribution is 6.48. The minimum absolute atomic E-state index is 0.235.